The van der Waals surface area contributed by atoms with Crippen LogP contribution in [0.1, 0.15) is 39.8 Å². The van der Waals surface area contributed by atoms with Gasteiger partial charge < -0.3 is 9.72 Å². The second kappa shape index (κ2) is 4.59. The lowest BCUT2D eigenvalue weighted by atomic mass is 9.81. The van der Waals surface area contributed by atoms with E-state index in [2.05, 4.69) is 14.7 Å². The molecule has 0 aromatic carbocycles. The quantitative estimate of drug-likeness (QED) is 0.865. The van der Waals surface area contributed by atoms with Crippen LogP contribution in [0.15, 0.2) is 4.79 Å². The highest BCUT2D eigenvalue weighted by atomic mass is 32.1. The molecule has 2 aromatic rings. The average Bonchev–Trinajstić information content (AvgIpc) is 2.72. The molecule has 0 radical (unpaired) electrons. The molecule has 2 aromatic heterocycles. The molecule has 0 spiro atoms. The Labute approximate surface area is 122 Å². The molecule has 1 saturated carbocycles. The number of halogens is 2. The Morgan fingerprint density at radius 3 is 2.71 bits per heavy atom. The fourth-order valence-corrected chi connectivity index (χ4v) is 3.60. The number of esters is 1. The first-order valence-electron chi connectivity index (χ1n) is 6.32. The molecule has 1 aliphatic rings. The number of hydrogen-bond donors (Lipinski definition) is 1. The third-order valence-corrected chi connectivity index (χ3v) is 4.83. The van der Waals surface area contributed by atoms with Crippen molar-refractivity contribution in [1.82, 2.24) is 9.97 Å². The van der Waals surface area contributed by atoms with Crippen LogP contribution in [-0.4, -0.2) is 29.0 Å². The summed E-state index contributed by atoms with van der Waals surface area (Å²) in [6.07, 6.45) is -0.620. The number of aromatic amines is 1. The number of carbonyl (C=O) groups is 1. The number of nitrogens with one attached hydrogen (secondary N) is 1. The van der Waals surface area contributed by atoms with Crippen molar-refractivity contribution >= 4 is 27.5 Å². The molecule has 3 rings (SSSR count). The van der Waals surface area contributed by atoms with Gasteiger partial charge in [-0.2, -0.15) is 0 Å². The highest BCUT2D eigenvalue weighted by Gasteiger charge is 2.47. The SMILES string of the molecule is COC(=O)c1sc2nc(C3CC(F)(F)C3)[nH]c(=O)c2c1C. The molecule has 0 saturated heterocycles. The molecule has 0 bridgehead atoms. The largest absolute Gasteiger partial charge is 0.465 e. The summed E-state index contributed by atoms with van der Waals surface area (Å²) in [5.74, 6) is -3.40. The van der Waals surface area contributed by atoms with Crippen LogP contribution in [0, 0.1) is 6.92 Å². The number of fused-ring (bicyclic) bond motifs is 1. The van der Waals surface area contributed by atoms with Gasteiger partial charge in [-0.05, 0) is 12.5 Å². The fraction of sp³-hybridized carbons (Fsp3) is 0.462. The molecule has 21 heavy (non-hydrogen) atoms. The van der Waals surface area contributed by atoms with Gasteiger partial charge in [0.1, 0.15) is 15.5 Å². The lowest BCUT2D eigenvalue weighted by Crippen LogP contribution is -2.35. The van der Waals surface area contributed by atoms with Crippen molar-refractivity contribution in [3.63, 3.8) is 0 Å². The van der Waals surface area contributed by atoms with Crippen LogP contribution in [-0.2, 0) is 4.74 Å². The number of methoxy groups -OCH3 is 1. The van der Waals surface area contributed by atoms with Crippen LogP contribution in [0.3, 0.4) is 0 Å². The Morgan fingerprint density at radius 2 is 2.14 bits per heavy atom. The number of ether oxygens (including phenoxy) is 1. The van der Waals surface area contributed by atoms with Crippen molar-refractivity contribution in [1.29, 1.82) is 0 Å². The van der Waals surface area contributed by atoms with E-state index < -0.39 is 23.4 Å². The lowest BCUT2D eigenvalue weighted by Gasteiger charge is -2.33. The minimum atomic E-state index is -2.68. The molecule has 0 unspecified atom stereocenters. The minimum Gasteiger partial charge on any atom is -0.465 e. The summed E-state index contributed by atoms with van der Waals surface area (Å²) in [6, 6.07) is 0. The number of carbonyl (C=O) groups excluding carboxylic acids is 1. The lowest BCUT2D eigenvalue weighted by molar-refractivity contribution is -0.0885. The summed E-state index contributed by atoms with van der Waals surface area (Å²) in [7, 11) is 1.26. The third kappa shape index (κ3) is 2.23. The number of nitrogens with zero attached hydrogens (tertiary/aromatic N) is 1. The summed E-state index contributed by atoms with van der Waals surface area (Å²) in [4.78, 5) is 31.2. The van der Waals surface area contributed by atoms with Gasteiger partial charge in [0.15, 0.2) is 0 Å². The van der Waals surface area contributed by atoms with Gasteiger partial charge in [-0.25, -0.2) is 18.6 Å². The zero-order valence-electron chi connectivity index (χ0n) is 11.3. The van der Waals surface area contributed by atoms with Crippen molar-refractivity contribution in [3.8, 4) is 0 Å². The van der Waals surface area contributed by atoms with Gasteiger partial charge in [-0.1, -0.05) is 0 Å². The zero-order valence-corrected chi connectivity index (χ0v) is 12.1. The van der Waals surface area contributed by atoms with E-state index in [9.17, 15) is 18.4 Å². The molecule has 0 aliphatic heterocycles. The third-order valence-electron chi connectivity index (χ3n) is 3.67. The fourth-order valence-electron chi connectivity index (χ4n) is 2.50. The average molecular weight is 314 g/mol. The predicted molar refractivity (Wildman–Crippen MR) is 73.2 cm³/mol. The Balaban J connectivity index is 2.09. The number of aryl methyl sites for hydroxylation is 1. The summed E-state index contributed by atoms with van der Waals surface area (Å²) in [5, 5.41) is 0.315. The van der Waals surface area contributed by atoms with Crippen molar-refractivity contribution in [3.05, 3.63) is 26.6 Å². The van der Waals surface area contributed by atoms with Crippen LogP contribution in [0.25, 0.3) is 10.2 Å². The monoisotopic (exact) mass is 314 g/mol. The van der Waals surface area contributed by atoms with E-state index in [1.165, 1.54) is 7.11 Å². The zero-order chi connectivity index (χ0) is 15.4. The van der Waals surface area contributed by atoms with Crippen molar-refractivity contribution in [2.45, 2.75) is 31.6 Å². The van der Waals surface area contributed by atoms with Gasteiger partial charge in [-0.15, -0.1) is 11.3 Å². The van der Waals surface area contributed by atoms with Gasteiger partial charge in [0, 0.05) is 18.8 Å². The number of H-pyrrole nitrogens is 1. The Morgan fingerprint density at radius 1 is 1.48 bits per heavy atom. The summed E-state index contributed by atoms with van der Waals surface area (Å²) >= 11 is 1.04. The number of aromatic nitrogens is 2. The summed E-state index contributed by atoms with van der Waals surface area (Å²) in [5.41, 5.74) is 0.0928. The van der Waals surface area contributed by atoms with Crippen LogP contribution in [0.4, 0.5) is 8.78 Å². The molecule has 0 amide bonds. The number of thiophene rings is 1. The van der Waals surface area contributed by atoms with Crippen LogP contribution >= 0.6 is 11.3 Å². The number of alkyl halides is 2. The van der Waals surface area contributed by atoms with E-state index >= 15 is 0 Å². The van der Waals surface area contributed by atoms with Gasteiger partial charge in [0.2, 0.25) is 5.92 Å². The highest BCUT2D eigenvalue weighted by Crippen LogP contribution is 2.47. The summed E-state index contributed by atoms with van der Waals surface area (Å²) < 4.78 is 30.5. The molecule has 8 heteroatoms. The van der Waals surface area contributed by atoms with Crippen molar-refractivity contribution in [2.75, 3.05) is 7.11 Å². The Hall–Kier alpha value is -1.83. The molecule has 1 aliphatic carbocycles. The normalized spacial score (nSPS) is 17.7. The standard InChI is InChI=1S/C13H12F2N2O3S/c1-5-7-10(18)16-9(6-3-13(14,15)4-6)17-11(7)21-8(5)12(19)20-2/h6H,3-4H2,1-2H3,(H,16,17,18). The topological polar surface area (TPSA) is 72.0 Å². The predicted octanol–water partition coefficient (Wildman–Crippen LogP) is 2.59. The molecule has 5 nitrogen and oxygen atoms in total. The van der Waals surface area contributed by atoms with E-state index in [-0.39, 0.29) is 18.7 Å². The first-order chi connectivity index (χ1) is 9.82. The van der Waals surface area contributed by atoms with Gasteiger partial charge >= 0.3 is 5.97 Å². The second-order valence-electron chi connectivity index (χ2n) is 5.14. The molecule has 1 fully saturated rings. The molecular weight excluding hydrogens is 302 g/mol. The molecule has 1 N–H and O–H groups in total. The van der Waals surface area contributed by atoms with E-state index in [4.69, 9.17) is 0 Å². The number of hydrogen-bond acceptors (Lipinski definition) is 5. The van der Waals surface area contributed by atoms with Gasteiger partial charge in [0.25, 0.3) is 5.56 Å². The maximum Gasteiger partial charge on any atom is 0.348 e. The molecule has 2 heterocycles. The van der Waals surface area contributed by atoms with Crippen LogP contribution in [0.2, 0.25) is 0 Å². The van der Waals surface area contributed by atoms with Crippen LogP contribution in [0.5, 0.6) is 0 Å². The van der Waals surface area contributed by atoms with Crippen molar-refractivity contribution in [2.24, 2.45) is 0 Å². The molecule has 0 atom stereocenters. The smallest absolute Gasteiger partial charge is 0.348 e. The van der Waals surface area contributed by atoms with Gasteiger partial charge in [0.05, 0.1) is 12.5 Å². The minimum absolute atomic E-state index is 0.260. The van der Waals surface area contributed by atoms with E-state index in [0.717, 1.165) is 11.3 Å². The van der Waals surface area contributed by atoms with E-state index in [1.807, 2.05) is 0 Å². The molecule has 112 valence electrons. The Bertz CT molecular complexity index is 789. The maximum atomic E-state index is 12.9. The van der Waals surface area contributed by atoms with E-state index in [1.54, 1.807) is 6.92 Å². The first kappa shape index (κ1) is 14.1. The maximum absolute atomic E-state index is 12.9. The molecular formula is C13H12F2N2O3S. The number of rotatable bonds is 2. The van der Waals surface area contributed by atoms with Gasteiger partial charge in [-0.3, -0.25) is 4.79 Å². The highest BCUT2D eigenvalue weighted by molar-refractivity contribution is 7.20. The van der Waals surface area contributed by atoms with Crippen LogP contribution < -0.4 is 5.56 Å². The Kier molecular flexibility index (Phi) is 3.09. The van der Waals surface area contributed by atoms with Crippen molar-refractivity contribution < 1.29 is 18.3 Å². The summed E-state index contributed by atoms with van der Waals surface area (Å²) in [6.45, 7) is 1.64. The van der Waals surface area contributed by atoms with E-state index in [0.29, 0.717) is 20.7 Å². The second-order valence-corrected chi connectivity index (χ2v) is 6.14. The first-order valence-corrected chi connectivity index (χ1v) is 7.13.